The summed E-state index contributed by atoms with van der Waals surface area (Å²) in [5.41, 5.74) is 0.566. The lowest BCUT2D eigenvalue weighted by Gasteiger charge is -2.38. The number of hydrogen-bond acceptors (Lipinski definition) is 6. The van der Waals surface area contributed by atoms with Gasteiger partial charge in [0.2, 0.25) is 15.9 Å². The smallest absolute Gasteiger partial charge is 0.258 e. The van der Waals surface area contributed by atoms with Gasteiger partial charge in [-0.05, 0) is 50.1 Å². The minimum Gasteiger partial charge on any atom is -0.486 e. The Hall–Kier alpha value is -2.37. The van der Waals surface area contributed by atoms with Gasteiger partial charge in [0.15, 0.2) is 5.75 Å². The molecule has 0 saturated heterocycles. The lowest BCUT2D eigenvalue weighted by atomic mass is 9.99. The van der Waals surface area contributed by atoms with Crippen molar-refractivity contribution in [2.45, 2.75) is 43.7 Å². The van der Waals surface area contributed by atoms with Crippen LogP contribution in [-0.2, 0) is 14.8 Å². The molecule has 38 heavy (non-hydrogen) atoms. The summed E-state index contributed by atoms with van der Waals surface area (Å²) in [4.78, 5) is 27.6. The van der Waals surface area contributed by atoms with Gasteiger partial charge in [0.05, 0.1) is 35.5 Å². The lowest BCUT2D eigenvalue weighted by Crippen LogP contribution is -2.50. The number of rotatable bonds is 8. The van der Waals surface area contributed by atoms with Gasteiger partial charge in [0.25, 0.3) is 5.91 Å². The number of hydrogen-bond donors (Lipinski definition) is 2. The molecule has 0 aromatic heterocycles. The quantitative estimate of drug-likeness (QED) is 0.487. The molecule has 9 nitrogen and oxygen atoms in total. The minimum atomic E-state index is -4.01. The van der Waals surface area contributed by atoms with Crippen LogP contribution in [0.2, 0.25) is 10.0 Å². The topological polar surface area (TPSA) is 116 Å². The van der Waals surface area contributed by atoms with E-state index in [0.717, 1.165) is 17.1 Å². The Labute approximate surface area is 232 Å². The third kappa shape index (κ3) is 5.94. The molecule has 4 rings (SSSR count). The Bertz CT molecular complexity index is 1330. The average Bonchev–Trinajstić information content (AvgIpc) is 3.71. The van der Waals surface area contributed by atoms with Gasteiger partial charge >= 0.3 is 0 Å². The first-order valence-corrected chi connectivity index (χ1v) is 14.6. The van der Waals surface area contributed by atoms with Gasteiger partial charge in [-0.25, -0.2) is 8.42 Å². The monoisotopic (exact) mass is 583 g/mol. The minimum absolute atomic E-state index is 0.0000501. The van der Waals surface area contributed by atoms with Crippen LogP contribution in [0.1, 0.15) is 37.0 Å². The van der Waals surface area contributed by atoms with Gasteiger partial charge in [0, 0.05) is 30.5 Å². The van der Waals surface area contributed by atoms with Crippen molar-refractivity contribution in [3.05, 3.63) is 52.0 Å². The first-order chi connectivity index (χ1) is 17.9. The number of para-hydroxylation sites is 1. The van der Waals surface area contributed by atoms with Gasteiger partial charge in [-0.15, -0.1) is 0 Å². The number of halogens is 2. The van der Waals surface area contributed by atoms with Crippen LogP contribution in [0.25, 0.3) is 0 Å². The van der Waals surface area contributed by atoms with Crippen molar-refractivity contribution in [2.75, 3.05) is 32.1 Å². The van der Waals surface area contributed by atoms with Gasteiger partial charge in [-0.3, -0.25) is 9.59 Å². The van der Waals surface area contributed by atoms with Crippen molar-refractivity contribution in [3.63, 3.8) is 0 Å². The molecular formula is C26H31Cl2N3O6S. The molecule has 0 bridgehead atoms. The Morgan fingerprint density at radius 1 is 1.26 bits per heavy atom. The molecular weight excluding hydrogens is 553 g/mol. The molecule has 2 aromatic carbocycles. The highest BCUT2D eigenvalue weighted by Crippen LogP contribution is 2.37. The Morgan fingerprint density at radius 3 is 2.61 bits per heavy atom. The Morgan fingerprint density at radius 2 is 1.97 bits per heavy atom. The molecule has 12 heteroatoms. The van der Waals surface area contributed by atoms with Gasteiger partial charge in [0.1, 0.15) is 11.0 Å². The van der Waals surface area contributed by atoms with Crippen molar-refractivity contribution in [1.29, 1.82) is 0 Å². The van der Waals surface area contributed by atoms with E-state index >= 15 is 0 Å². The van der Waals surface area contributed by atoms with E-state index in [1.54, 1.807) is 30.0 Å². The van der Waals surface area contributed by atoms with Gasteiger partial charge in [-0.1, -0.05) is 36.2 Å². The summed E-state index contributed by atoms with van der Waals surface area (Å²) >= 11 is 12.1. The van der Waals surface area contributed by atoms with Crippen molar-refractivity contribution in [2.24, 2.45) is 11.8 Å². The molecule has 0 radical (unpaired) electrons. The second-order valence-electron chi connectivity index (χ2n) is 9.93. The predicted molar refractivity (Wildman–Crippen MR) is 145 cm³/mol. The van der Waals surface area contributed by atoms with Crippen LogP contribution in [-0.4, -0.2) is 73.4 Å². The molecule has 3 atom stereocenters. The zero-order valence-electron chi connectivity index (χ0n) is 21.4. The van der Waals surface area contributed by atoms with E-state index in [1.807, 2.05) is 6.92 Å². The number of aliphatic hydroxyl groups excluding tert-OH is 1. The fraction of sp³-hybridized carbons (Fsp3) is 0.462. The van der Waals surface area contributed by atoms with Crippen LogP contribution >= 0.6 is 23.2 Å². The van der Waals surface area contributed by atoms with Crippen molar-refractivity contribution < 1.29 is 27.9 Å². The summed E-state index contributed by atoms with van der Waals surface area (Å²) in [6.45, 7) is 3.49. The number of carbonyl (C=O) groups excluding carboxylic acids is 2. The van der Waals surface area contributed by atoms with E-state index in [0.29, 0.717) is 10.7 Å². The highest BCUT2D eigenvalue weighted by Gasteiger charge is 2.37. The molecule has 1 saturated carbocycles. The van der Waals surface area contributed by atoms with Crippen LogP contribution in [0.5, 0.6) is 5.75 Å². The number of anilines is 1. The van der Waals surface area contributed by atoms with Crippen LogP contribution < -0.4 is 10.1 Å². The number of likely N-dealkylation sites (N-methyl/N-ethyl adjacent to an activating group) is 1. The van der Waals surface area contributed by atoms with Crippen LogP contribution in [0.4, 0.5) is 5.69 Å². The summed E-state index contributed by atoms with van der Waals surface area (Å²) in [6, 6.07) is 8.59. The number of sulfonamides is 1. The number of ether oxygens (including phenoxy) is 1. The zero-order chi connectivity index (χ0) is 27.8. The molecule has 0 unspecified atom stereocenters. The van der Waals surface area contributed by atoms with E-state index in [9.17, 15) is 23.1 Å². The molecule has 1 heterocycles. The number of fused-ring (bicyclic) bond motifs is 1. The van der Waals surface area contributed by atoms with E-state index < -0.39 is 22.2 Å². The highest BCUT2D eigenvalue weighted by molar-refractivity contribution is 7.89. The van der Waals surface area contributed by atoms with Gasteiger partial charge in [-0.2, -0.15) is 4.31 Å². The molecule has 2 aromatic rings. The lowest BCUT2D eigenvalue weighted by molar-refractivity contribution is -0.117. The van der Waals surface area contributed by atoms with E-state index in [1.165, 1.54) is 25.2 Å². The summed E-state index contributed by atoms with van der Waals surface area (Å²) in [7, 11) is -2.59. The third-order valence-electron chi connectivity index (χ3n) is 6.92. The molecule has 206 valence electrons. The maximum Gasteiger partial charge on any atom is 0.258 e. The summed E-state index contributed by atoms with van der Waals surface area (Å²) in [5, 5.41) is 13.0. The number of amides is 2. The number of aliphatic hydroxyl groups is 1. The maximum atomic E-state index is 13.5. The largest absolute Gasteiger partial charge is 0.486 e. The number of benzene rings is 2. The van der Waals surface area contributed by atoms with Crippen LogP contribution in [0.3, 0.4) is 0 Å². The number of nitrogens with zero attached hydrogens (tertiary/aromatic N) is 2. The molecule has 1 aliphatic heterocycles. The molecule has 2 aliphatic rings. The van der Waals surface area contributed by atoms with E-state index in [4.69, 9.17) is 27.9 Å². The average molecular weight is 585 g/mol. The molecule has 2 N–H and O–H groups in total. The highest BCUT2D eigenvalue weighted by atomic mass is 35.5. The predicted octanol–water partition coefficient (Wildman–Crippen LogP) is 3.88. The molecule has 2 amide bonds. The van der Waals surface area contributed by atoms with Gasteiger partial charge < -0.3 is 20.1 Å². The van der Waals surface area contributed by atoms with Crippen molar-refractivity contribution in [1.82, 2.24) is 9.21 Å². The third-order valence-corrected chi connectivity index (χ3v) is 9.46. The molecule has 1 aliphatic carbocycles. The number of carbonyl (C=O) groups is 2. The zero-order valence-corrected chi connectivity index (χ0v) is 23.7. The standard InChI is InChI=1S/C26H31Cl2N3O6S/c1-15-12-31(16(2)14-32)26(34)19-5-4-6-21(29-25(33)17-7-8-17)24(19)37-22(15)13-30(3)38(35,36)23-10-9-18(27)11-20(23)28/h4-6,9-11,15-17,22,32H,7-8,12-14H2,1-3H3,(H,29,33)/t15-,16+,22-/m0/s1. The second kappa shape index (κ2) is 11.4. The van der Waals surface area contributed by atoms with E-state index in [-0.39, 0.29) is 64.6 Å². The second-order valence-corrected chi connectivity index (χ2v) is 12.8. The summed E-state index contributed by atoms with van der Waals surface area (Å²) in [5.74, 6) is -0.738. The number of nitrogens with one attached hydrogen (secondary N) is 1. The fourth-order valence-corrected chi connectivity index (χ4v) is 6.27. The van der Waals surface area contributed by atoms with Crippen molar-refractivity contribution >= 4 is 50.7 Å². The van der Waals surface area contributed by atoms with E-state index in [2.05, 4.69) is 5.32 Å². The van der Waals surface area contributed by atoms with Crippen LogP contribution in [0, 0.1) is 11.8 Å². The summed E-state index contributed by atoms with van der Waals surface area (Å²) < 4.78 is 34.3. The Kier molecular flexibility index (Phi) is 8.59. The first-order valence-electron chi connectivity index (χ1n) is 12.4. The molecule has 1 fully saturated rings. The summed E-state index contributed by atoms with van der Waals surface area (Å²) in [6.07, 6.45) is 0.899. The van der Waals surface area contributed by atoms with Crippen molar-refractivity contribution in [3.8, 4) is 5.75 Å². The fourth-order valence-electron chi connectivity index (χ4n) is 4.34. The molecule has 0 spiro atoms. The maximum absolute atomic E-state index is 13.5. The normalized spacial score (nSPS) is 20.8. The Balaban J connectivity index is 1.71. The first kappa shape index (κ1) is 28.6. The SMILES string of the molecule is C[C@H](CO)N1C[C@H](C)[C@H](CN(C)S(=O)(=O)c2ccc(Cl)cc2Cl)Oc2c(NC(=O)C3CC3)cccc2C1=O. The van der Waals surface area contributed by atoms with Crippen LogP contribution in [0.15, 0.2) is 41.3 Å².